The number of alkyl halides is 3. The minimum Gasteiger partial charge on any atom is -0.507 e. The van der Waals surface area contributed by atoms with E-state index < -0.39 is 17.6 Å². The summed E-state index contributed by atoms with van der Waals surface area (Å²) in [6.07, 6.45) is -4.51. The summed E-state index contributed by atoms with van der Waals surface area (Å²) in [5, 5.41) is 13.0. The number of carbonyl (C=O) groups excluding carboxylic acids is 1. The fourth-order valence-corrected chi connectivity index (χ4v) is 2.96. The molecule has 0 heterocycles. The maximum Gasteiger partial charge on any atom is 0.416 e. The van der Waals surface area contributed by atoms with Crippen LogP contribution >= 0.6 is 27.5 Å². The third-order valence-corrected chi connectivity index (χ3v) is 4.51. The average Bonchev–Trinajstić information content (AvgIpc) is 2.61. The van der Waals surface area contributed by atoms with Gasteiger partial charge in [0, 0.05) is 22.2 Å². The van der Waals surface area contributed by atoms with E-state index in [0.717, 1.165) is 18.2 Å². The number of phenolic OH excluding ortho intramolecular Hbond substituents is 1. The van der Waals surface area contributed by atoms with Crippen molar-refractivity contribution in [3.8, 4) is 5.75 Å². The molecule has 2 aromatic carbocycles. The van der Waals surface area contributed by atoms with Gasteiger partial charge in [-0.3, -0.25) is 4.79 Å². The molecule has 0 unspecified atom stereocenters. The quantitative estimate of drug-likeness (QED) is 0.530. The molecule has 0 fully saturated rings. The van der Waals surface area contributed by atoms with Crippen molar-refractivity contribution in [1.29, 1.82) is 0 Å². The number of ether oxygens (including phenoxy) is 2. The predicted molar refractivity (Wildman–Crippen MR) is 102 cm³/mol. The zero-order valence-electron chi connectivity index (χ0n) is 14.6. The SMILES string of the molecule is COCCOCc1cc(Cl)cc(C(=O)Nc2ccc(C(F)(F)F)cc2Br)c1O. The second-order valence-corrected chi connectivity index (χ2v) is 6.94. The van der Waals surface area contributed by atoms with Crippen molar-refractivity contribution < 1.29 is 32.5 Å². The normalized spacial score (nSPS) is 11.5. The topological polar surface area (TPSA) is 67.8 Å². The van der Waals surface area contributed by atoms with Gasteiger partial charge >= 0.3 is 6.18 Å². The average molecular weight is 483 g/mol. The highest BCUT2D eigenvalue weighted by Crippen LogP contribution is 2.35. The number of benzene rings is 2. The second-order valence-electron chi connectivity index (χ2n) is 5.65. The zero-order valence-corrected chi connectivity index (χ0v) is 16.9. The molecule has 0 radical (unpaired) electrons. The second kappa shape index (κ2) is 9.60. The van der Waals surface area contributed by atoms with Crippen LogP contribution in [0.5, 0.6) is 5.75 Å². The summed E-state index contributed by atoms with van der Waals surface area (Å²) in [5.74, 6) is -1.07. The molecule has 2 N–H and O–H groups in total. The van der Waals surface area contributed by atoms with E-state index in [1.54, 1.807) is 0 Å². The minimum absolute atomic E-state index is 0.00000735. The Morgan fingerprint density at radius 2 is 1.96 bits per heavy atom. The van der Waals surface area contributed by atoms with Gasteiger partial charge in [0.1, 0.15) is 5.75 Å². The Labute approximate surface area is 172 Å². The van der Waals surface area contributed by atoms with Crippen molar-refractivity contribution in [3.05, 3.63) is 56.5 Å². The van der Waals surface area contributed by atoms with E-state index in [-0.39, 0.29) is 39.7 Å². The van der Waals surface area contributed by atoms with Crippen LogP contribution in [-0.4, -0.2) is 31.3 Å². The monoisotopic (exact) mass is 481 g/mol. The number of hydrogen-bond acceptors (Lipinski definition) is 4. The first kappa shape index (κ1) is 22.5. The summed E-state index contributed by atoms with van der Waals surface area (Å²) in [6, 6.07) is 5.51. The van der Waals surface area contributed by atoms with E-state index in [2.05, 4.69) is 21.2 Å². The van der Waals surface area contributed by atoms with Crippen molar-refractivity contribution in [2.75, 3.05) is 25.6 Å². The predicted octanol–water partition coefficient (Wildman–Crippen LogP) is 5.24. The molecule has 0 saturated heterocycles. The molecule has 0 aliphatic rings. The lowest BCUT2D eigenvalue weighted by molar-refractivity contribution is -0.137. The van der Waals surface area contributed by atoms with Gasteiger partial charge < -0.3 is 19.9 Å². The first-order valence-corrected chi connectivity index (χ1v) is 9.06. The first-order chi connectivity index (χ1) is 13.1. The molecule has 0 saturated carbocycles. The van der Waals surface area contributed by atoms with Gasteiger partial charge in [0.2, 0.25) is 0 Å². The van der Waals surface area contributed by atoms with Crippen LogP contribution in [0.1, 0.15) is 21.5 Å². The molecular weight excluding hydrogens is 467 g/mol. The van der Waals surface area contributed by atoms with Gasteiger partial charge in [-0.1, -0.05) is 11.6 Å². The summed E-state index contributed by atoms with van der Waals surface area (Å²) < 4.78 is 48.4. The van der Waals surface area contributed by atoms with E-state index in [1.165, 1.54) is 19.2 Å². The molecular formula is C18H16BrClF3NO4. The molecule has 28 heavy (non-hydrogen) atoms. The van der Waals surface area contributed by atoms with Crippen molar-refractivity contribution in [2.24, 2.45) is 0 Å². The Kier molecular flexibility index (Phi) is 7.70. The first-order valence-electron chi connectivity index (χ1n) is 7.89. The number of hydrogen-bond donors (Lipinski definition) is 2. The standard InChI is InChI=1S/C18H16BrClF3NO4/c1-27-4-5-28-9-10-6-12(20)8-13(16(10)25)17(26)24-15-3-2-11(7-14(15)19)18(21,22)23/h2-3,6-8,25H,4-5,9H2,1H3,(H,24,26). The minimum atomic E-state index is -4.51. The van der Waals surface area contributed by atoms with Crippen LogP contribution in [0.4, 0.5) is 18.9 Å². The Morgan fingerprint density at radius 1 is 1.25 bits per heavy atom. The molecule has 152 valence electrons. The highest BCUT2D eigenvalue weighted by Gasteiger charge is 2.31. The van der Waals surface area contributed by atoms with Crippen molar-refractivity contribution in [1.82, 2.24) is 0 Å². The van der Waals surface area contributed by atoms with Gasteiger partial charge in [0.25, 0.3) is 5.91 Å². The third kappa shape index (κ3) is 5.84. The number of halogens is 5. The summed E-state index contributed by atoms with van der Waals surface area (Å²) in [5.41, 5.74) is -0.599. The van der Waals surface area contributed by atoms with E-state index >= 15 is 0 Å². The largest absolute Gasteiger partial charge is 0.507 e. The van der Waals surface area contributed by atoms with Crippen molar-refractivity contribution in [3.63, 3.8) is 0 Å². The van der Waals surface area contributed by atoms with Crippen LogP contribution < -0.4 is 5.32 Å². The number of methoxy groups -OCH3 is 1. The molecule has 0 aliphatic heterocycles. The molecule has 0 bridgehead atoms. The summed E-state index contributed by atoms with van der Waals surface area (Å²) in [7, 11) is 1.52. The smallest absolute Gasteiger partial charge is 0.416 e. The van der Waals surface area contributed by atoms with Crippen LogP contribution in [-0.2, 0) is 22.3 Å². The lowest BCUT2D eigenvalue weighted by atomic mass is 10.1. The number of aromatic hydroxyl groups is 1. The summed E-state index contributed by atoms with van der Waals surface area (Å²) >= 11 is 9.01. The Hall–Kier alpha value is -1.81. The maximum atomic E-state index is 12.7. The molecule has 5 nitrogen and oxygen atoms in total. The van der Waals surface area contributed by atoms with Gasteiger partial charge in [-0.15, -0.1) is 0 Å². The molecule has 0 spiro atoms. The number of amides is 1. The van der Waals surface area contributed by atoms with E-state index in [9.17, 15) is 23.1 Å². The van der Waals surface area contributed by atoms with Crippen LogP contribution in [0.15, 0.2) is 34.8 Å². The number of nitrogens with one attached hydrogen (secondary N) is 1. The lowest BCUT2D eigenvalue weighted by Crippen LogP contribution is -2.14. The van der Waals surface area contributed by atoms with Gasteiger partial charge in [-0.05, 0) is 46.3 Å². The van der Waals surface area contributed by atoms with Crippen LogP contribution in [0.25, 0.3) is 0 Å². The highest BCUT2D eigenvalue weighted by molar-refractivity contribution is 9.10. The fraction of sp³-hybridized carbons (Fsp3) is 0.278. The van der Waals surface area contributed by atoms with Gasteiger partial charge in [0.05, 0.1) is 36.6 Å². The molecule has 0 atom stereocenters. The fourth-order valence-electron chi connectivity index (χ4n) is 2.25. The maximum absolute atomic E-state index is 12.7. The molecule has 1 amide bonds. The molecule has 2 aromatic rings. The van der Waals surface area contributed by atoms with Gasteiger partial charge in [-0.2, -0.15) is 13.2 Å². The van der Waals surface area contributed by atoms with E-state index in [1.807, 2.05) is 0 Å². The highest BCUT2D eigenvalue weighted by atomic mass is 79.9. The molecule has 10 heteroatoms. The van der Waals surface area contributed by atoms with Crippen molar-refractivity contribution in [2.45, 2.75) is 12.8 Å². The van der Waals surface area contributed by atoms with Gasteiger partial charge in [0.15, 0.2) is 0 Å². The molecule has 0 aliphatic carbocycles. The van der Waals surface area contributed by atoms with Crippen LogP contribution in [0, 0.1) is 0 Å². The summed E-state index contributed by atoms with van der Waals surface area (Å²) in [4.78, 5) is 12.5. The molecule has 0 aromatic heterocycles. The number of phenols is 1. The third-order valence-electron chi connectivity index (χ3n) is 3.63. The van der Waals surface area contributed by atoms with E-state index in [0.29, 0.717) is 12.2 Å². The molecule has 2 rings (SSSR count). The number of anilines is 1. The van der Waals surface area contributed by atoms with Crippen molar-refractivity contribution >= 4 is 39.1 Å². The van der Waals surface area contributed by atoms with E-state index in [4.69, 9.17) is 21.1 Å². The Bertz CT molecular complexity index is 861. The number of rotatable bonds is 7. The number of carbonyl (C=O) groups is 1. The van der Waals surface area contributed by atoms with Crippen LogP contribution in [0.2, 0.25) is 5.02 Å². The summed E-state index contributed by atoms with van der Waals surface area (Å²) in [6.45, 7) is 0.638. The lowest BCUT2D eigenvalue weighted by Gasteiger charge is -2.14. The zero-order chi connectivity index (χ0) is 20.9. The Morgan fingerprint density at radius 3 is 2.57 bits per heavy atom. The van der Waals surface area contributed by atoms with Crippen LogP contribution in [0.3, 0.4) is 0 Å². The Balaban J connectivity index is 2.21. The van der Waals surface area contributed by atoms with Gasteiger partial charge in [-0.25, -0.2) is 0 Å².